The fourth-order valence-electron chi connectivity index (χ4n) is 3.11. The number of carbonyl (C=O) groups excluding carboxylic acids is 2. The topological polar surface area (TPSA) is 78.5 Å². The summed E-state index contributed by atoms with van der Waals surface area (Å²) >= 11 is 0. The Kier molecular flexibility index (Phi) is 11.5. The maximum absolute atomic E-state index is 12.8. The van der Waals surface area contributed by atoms with Crippen molar-refractivity contribution < 1.29 is 28.3 Å². The number of benzene rings is 1. The number of unbranched alkanes of at least 4 members (excludes halogenated alkanes) is 4. The van der Waals surface area contributed by atoms with Gasteiger partial charge in [-0.15, -0.1) is 0 Å². The predicted octanol–water partition coefficient (Wildman–Crippen LogP) is 2.01. The molecule has 164 valence electrons. The number of ether oxygens (including phenoxy) is 1. The minimum Gasteiger partial charge on any atom is -0.550 e. The molecule has 29 heavy (non-hydrogen) atoms. The number of carboxylic acids is 1. The summed E-state index contributed by atoms with van der Waals surface area (Å²) in [5.74, 6) is -1.50. The van der Waals surface area contributed by atoms with Crippen LogP contribution in [0, 0.1) is 5.82 Å². The molecular formula is C22H35FN2O4. The maximum Gasteiger partial charge on any atom is 0.220 e. The minimum absolute atomic E-state index is 0.104. The summed E-state index contributed by atoms with van der Waals surface area (Å²) in [6.45, 7) is 1.69. The van der Waals surface area contributed by atoms with E-state index in [0.717, 1.165) is 37.7 Å². The molecule has 1 aromatic carbocycles. The normalized spacial score (nSPS) is 12.6. The van der Waals surface area contributed by atoms with E-state index < -0.39 is 12.0 Å². The summed E-state index contributed by atoms with van der Waals surface area (Å²) < 4.78 is 19.0. The van der Waals surface area contributed by atoms with Crippen molar-refractivity contribution in [1.82, 2.24) is 5.32 Å². The Morgan fingerprint density at radius 3 is 2.31 bits per heavy atom. The monoisotopic (exact) mass is 410 g/mol. The van der Waals surface area contributed by atoms with E-state index in [1.807, 2.05) is 21.1 Å². The highest BCUT2D eigenvalue weighted by Gasteiger charge is 2.20. The first-order chi connectivity index (χ1) is 13.7. The van der Waals surface area contributed by atoms with Gasteiger partial charge in [-0.25, -0.2) is 4.39 Å². The SMILES string of the molecule is C[N+](C)(C)CC(CC(=O)[O-])NC(=O)CCCCCCCOCc1ccc(F)cc1. The van der Waals surface area contributed by atoms with Crippen LogP contribution in [0.2, 0.25) is 0 Å². The average molecular weight is 411 g/mol. The van der Waals surface area contributed by atoms with Gasteiger partial charge in [0, 0.05) is 25.4 Å². The molecule has 0 heterocycles. The van der Waals surface area contributed by atoms with E-state index in [4.69, 9.17) is 4.74 Å². The summed E-state index contributed by atoms with van der Waals surface area (Å²) in [7, 11) is 5.87. The molecule has 1 unspecified atom stereocenters. The van der Waals surface area contributed by atoms with Crippen LogP contribution in [0.25, 0.3) is 0 Å². The fourth-order valence-corrected chi connectivity index (χ4v) is 3.11. The molecule has 0 radical (unpaired) electrons. The van der Waals surface area contributed by atoms with Gasteiger partial charge < -0.3 is 24.4 Å². The van der Waals surface area contributed by atoms with Gasteiger partial charge in [-0.1, -0.05) is 31.4 Å². The molecule has 1 rings (SSSR count). The molecule has 0 aromatic heterocycles. The van der Waals surface area contributed by atoms with Crippen molar-refractivity contribution in [2.45, 2.75) is 57.6 Å². The van der Waals surface area contributed by atoms with Crippen molar-refractivity contribution in [2.75, 3.05) is 34.3 Å². The molecule has 0 saturated heterocycles. The van der Waals surface area contributed by atoms with E-state index in [1.54, 1.807) is 12.1 Å². The Hall–Kier alpha value is -1.99. The van der Waals surface area contributed by atoms with Gasteiger partial charge in [0.25, 0.3) is 0 Å². The number of halogens is 1. The number of rotatable bonds is 15. The third-order valence-corrected chi connectivity index (χ3v) is 4.42. The van der Waals surface area contributed by atoms with E-state index >= 15 is 0 Å². The molecular weight excluding hydrogens is 375 g/mol. The molecule has 0 aliphatic rings. The predicted molar refractivity (Wildman–Crippen MR) is 108 cm³/mol. The van der Waals surface area contributed by atoms with Gasteiger partial charge in [-0.3, -0.25) is 4.79 Å². The van der Waals surface area contributed by atoms with Gasteiger partial charge in [0.2, 0.25) is 5.91 Å². The largest absolute Gasteiger partial charge is 0.550 e. The summed E-state index contributed by atoms with van der Waals surface area (Å²) in [5.41, 5.74) is 0.958. The Bertz CT molecular complexity index is 614. The van der Waals surface area contributed by atoms with Crippen molar-refractivity contribution in [3.63, 3.8) is 0 Å². The van der Waals surface area contributed by atoms with Crippen LogP contribution >= 0.6 is 0 Å². The first-order valence-electron chi connectivity index (χ1n) is 10.3. The number of carboxylic acid groups (broad SMARTS) is 1. The number of likely N-dealkylation sites (N-methyl/N-ethyl adjacent to an activating group) is 1. The molecule has 0 saturated carbocycles. The molecule has 0 bridgehead atoms. The second-order valence-corrected chi connectivity index (χ2v) is 8.51. The van der Waals surface area contributed by atoms with E-state index in [9.17, 15) is 19.1 Å². The first kappa shape index (κ1) is 25.0. The number of aliphatic carboxylic acids is 1. The highest BCUT2D eigenvalue weighted by Crippen LogP contribution is 2.08. The summed E-state index contributed by atoms with van der Waals surface area (Å²) in [4.78, 5) is 23.0. The summed E-state index contributed by atoms with van der Waals surface area (Å²) in [6.07, 6.45) is 4.97. The van der Waals surface area contributed by atoms with Crippen molar-refractivity contribution in [3.8, 4) is 0 Å². The van der Waals surface area contributed by atoms with Crippen LogP contribution < -0.4 is 10.4 Å². The smallest absolute Gasteiger partial charge is 0.220 e. The molecule has 0 fully saturated rings. The van der Waals surface area contributed by atoms with E-state index in [1.165, 1.54) is 12.1 Å². The highest BCUT2D eigenvalue weighted by atomic mass is 19.1. The van der Waals surface area contributed by atoms with E-state index in [2.05, 4.69) is 5.32 Å². The molecule has 0 aliphatic carbocycles. The summed E-state index contributed by atoms with van der Waals surface area (Å²) in [6, 6.07) is 5.89. The third-order valence-electron chi connectivity index (χ3n) is 4.42. The van der Waals surface area contributed by atoms with Gasteiger partial charge in [0.1, 0.15) is 5.82 Å². The number of amides is 1. The van der Waals surface area contributed by atoms with Crippen molar-refractivity contribution in [1.29, 1.82) is 0 Å². The number of hydrogen-bond donors (Lipinski definition) is 1. The van der Waals surface area contributed by atoms with E-state index in [-0.39, 0.29) is 18.1 Å². The van der Waals surface area contributed by atoms with Gasteiger partial charge in [-0.05, 0) is 30.5 Å². The zero-order valence-corrected chi connectivity index (χ0v) is 17.9. The number of nitrogens with zero attached hydrogens (tertiary/aromatic N) is 1. The molecule has 7 heteroatoms. The summed E-state index contributed by atoms with van der Waals surface area (Å²) in [5, 5.41) is 13.7. The lowest BCUT2D eigenvalue weighted by Gasteiger charge is -2.30. The quantitative estimate of drug-likeness (QED) is 0.354. The number of nitrogens with one attached hydrogen (secondary N) is 1. The zero-order valence-electron chi connectivity index (χ0n) is 17.9. The van der Waals surface area contributed by atoms with Crippen LogP contribution in [0.4, 0.5) is 4.39 Å². The lowest BCUT2D eigenvalue weighted by Crippen LogP contribution is -2.50. The number of hydrogen-bond acceptors (Lipinski definition) is 4. The maximum atomic E-state index is 12.8. The molecule has 0 aliphatic heterocycles. The lowest BCUT2D eigenvalue weighted by molar-refractivity contribution is -0.871. The van der Waals surface area contributed by atoms with Crippen molar-refractivity contribution in [2.24, 2.45) is 0 Å². The van der Waals surface area contributed by atoms with Crippen LogP contribution in [0.5, 0.6) is 0 Å². The van der Waals surface area contributed by atoms with Gasteiger partial charge in [0.15, 0.2) is 0 Å². The Labute approximate surface area is 173 Å². The van der Waals surface area contributed by atoms with Gasteiger partial charge >= 0.3 is 0 Å². The zero-order chi connectivity index (χ0) is 21.7. The average Bonchev–Trinajstić information content (AvgIpc) is 2.59. The Morgan fingerprint density at radius 1 is 1.07 bits per heavy atom. The van der Waals surface area contributed by atoms with E-state index in [0.29, 0.717) is 30.7 Å². The molecule has 6 nitrogen and oxygen atoms in total. The molecule has 0 spiro atoms. The van der Waals surface area contributed by atoms with Crippen molar-refractivity contribution in [3.05, 3.63) is 35.6 Å². The second-order valence-electron chi connectivity index (χ2n) is 8.51. The molecule has 1 amide bonds. The molecule has 1 N–H and O–H groups in total. The van der Waals surface area contributed by atoms with Gasteiger partial charge in [0.05, 0.1) is 40.3 Å². The standard InChI is InChI=1S/C22H35FN2O4/c1-25(2,3)16-20(15-22(27)28)24-21(26)9-7-5-4-6-8-14-29-17-18-10-12-19(23)13-11-18/h10-13,20H,4-9,14-17H2,1-3H3,(H-,24,26,27,28). The van der Waals surface area contributed by atoms with Crippen molar-refractivity contribution >= 4 is 11.9 Å². The van der Waals surface area contributed by atoms with Crippen LogP contribution in [0.3, 0.4) is 0 Å². The lowest BCUT2D eigenvalue weighted by atomic mass is 10.1. The first-order valence-corrected chi connectivity index (χ1v) is 10.3. The number of quaternary nitrogens is 1. The van der Waals surface area contributed by atoms with Crippen LogP contribution in [0.1, 0.15) is 50.5 Å². The third kappa shape index (κ3) is 13.8. The Morgan fingerprint density at radius 2 is 1.69 bits per heavy atom. The number of carbonyl (C=O) groups is 2. The van der Waals surface area contributed by atoms with Crippen LogP contribution in [-0.4, -0.2) is 56.7 Å². The van der Waals surface area contributed by atoms with Crippen LogP contribution in [-0.2, 0) is 20.9 Å². The van der Waals surface area contributed by atoms with Gasteiger partial charge in [-0.2, -0.15) is 0 Å². The molecule has 1 atom stereocenters. The fraction of sp³-hybridized carbons (Fsp3) is 0.636. The minimum atomic E-state index is -1.15. The molecule has 1 aromatic rings. The highest BCUT2D eigenvalue weighted by molar-refractivity contribution is 5.77. The second kappa shape index (κ2) is 13.3. The van der Waals surface area contributed by atoms with Crippen LogP contribution in [0.15, 0.2) is 24.3 Å². The Balaban J connectivity index is 2.07.